The van der Waals surface area contributed by atoms with Gasteiger partial charge < -0.3 is 5.32 Å². The number of nitrogens with zero attached hydrogens (tertiary/aromatic N) is 2. The lowest BCUT2D eigenvalue weighted by Gasteiger charge is -2.12. The van der Waals surface area contributed by atoms with E-state index in [1.165, 1.54) is 17.0 Å². The highest BCUT2D eigenvalue weighted by molar-refractivity contribution is 7.11. The van der Waals surface area contributed by atoms with Crippen LogP contribution in [0.15, 0.2) is 30.3 Å². The Kier molecular flexibility index (Phi) is 3.15. The molecule has 0 bridgehead atoms. The summed E-state index contributed by atoms with van der Waals surface area (Å²) in [4.78, 5) is 0. The van der Waals surface area contributed by atoms with Crippen LogP contribution in [-0.2, 0) is 0 Å². The van der Waals surface area contributed by atoms with Crippen molar-refractivity contribution in [2.75, 3.05) is 7.05 Å². The van der Waals surface area contributed by atoms with Crippen molar-refractivity contribution in [2.24, 2.45) is 5.41 Å². The van der Waals surface area contributed by atoms with Crippen LogP contribution in [-0.4, -0.2) is 17.2 Å². The van der Waals surface area contributed by atoms with Gasteiger partial charge in [0.25, 0.3) is 0 Å². The second kappa shape index (κ2) is 4.69. The summed E-state index contributed by atoms with van der Waals surface area (Å²) in [6.07, 6.45) is 1.23. The Labute approximate surface area is 118 Å². The molecule has 2 atom stereocenters. The van der Waals surface area contributed by atoms with Crippen molar-refractivity contribution >= 4 is 11.3 Å². The molecule has 2 unspecified atom stereocenters. The lowest BCUT2D eigenvalue weighted by Crippen LogP contribution is -2.17. The quantitative estimate of drug-likeness (QED) is 0.928. The molecule has 19 heavy (non-hydrogen) atoms. The first-order valence-electron chi connectivity index (χ1n) is 6.67. The molecular formula is C15H19N3S. The molecule has 1 aromatic carbocycles. The van der Waals surface area contributed by atoms with Crippen LogP contribution in [0.5, 0.6) is 0 Å². The second-order valence-corrected chi connectivity index (χ2v) is 6.90. The summed E-state index contributed by atoms with van der Waals surface area (Å²) in [5, 5.41) is 14.4. The third kappa shape index (κ3) is 2.42. The number of benzene rings is 1. The van der Waals surface area contributed by atoms with Gasteiger partial charge in [0.05, 0.1) is 6.04 Å². The summed E-state index contributed by atoms with van der Waals surface area (Å²) < 4.78 is 0. The molecule has 3 rings (SSSR count). The molecule has 0 saturated heterocycles. The molecule has 3 nitrogen and oxygen atoms in total. The zero-order valence-corrected chi connectivity index (χ0v) is 12.4. The lowest BCUT2D eigenvalue weighted by molar-refractivity contribution is 0.617. The fraction of sp³-hybridized carbons (Fsp3) is 0.467. The van der Waals surface area contributed by atoms with E-state index in [9.17, 15) is 0 Å². The van der Waals surface area contributed by atoms with Crippen LogP contribution < -0.4 is 5.32 Å². The standard InChI is InChI=1S/C15H19N3S/c1-15(2)9-11(15)13-17-18-14(19-13)12(16-3)10-7-5-4-6-8-10/h4-8,11-12,16H,9H2,1-3H3. The lowest BCUT2D eigenvalue weighted by atomic mass is 10.1. The van der Waals surface area contributed by atoms with Crippen molar-refractivity contribution in [3.63, 3.8) is 0 Å². The van der Waals surface area contributed by atoms with Crippen LogP contribution in [0.1, 0.15) is 47.8 Å². The Balaban J connectivity index is 1.85. The van der Waals surface area contributed by atoms with Crippen molar-refractivity contribution in [2.45, 2.75) is 32.2 Å². The van der Waals surface area contributed by atoms with E-state index in [1.807, 2.05) is 13.1 Å². The predicted octanol–water partition coefficient (Wildman–Crippen LogP) is 3.36. The molecule has 1 fully saturated rings. The number of rotatable bonds is 4. The van der Waals surface area contributed by atoms with E-state index in [1.54, 1.807) is 11.3 Å². The number of aromatic nitrogens is 2. The largest absolute Gasteiger partial charge is 0.307 e. The van der Waals surface area contributed by atoms with E-state index in [0.717, 1.165) is 5.01 Å². The molecular weight excluding hydrogens is 254 g/mol. The molecule has 1 N–H and O–H groups in total. The van der Waals surface area contributed by atoms with E-state index < -0.39 is 0 Å². The van der Waals surface area contributed by atoms with Gasteiger partial charge in [0.15, 0.2) is 0 Å². The Morgan fingerprint density at radius 2 is 1.95 bits per heavy atom. The van der Waals surface area contributed by atoms with Gasteiger partial charge in [0.2, 0.25) is 0 Å². The number of hydrogen-bond donors (Lipinski definition) is 1. The van der Waals surface area contributed by atoms with Crippen LogP contribution in [0.25, 0.3) is 0 Å². The molecule has 1 saturated carbocycles. The molecule has 0 spiro atoms. The summed E-state index contributed by atoms with van der Waals surface area (Å²) in [6, 6.07) is 10.6. The van der Waals surface area contributed by atoms with Gasteiger partial charge in [0, 0.05) is 5.92 Å². The van der Waals surface area contributed by atoms with Gasteiger partial charge in [-0.3, -0.25) is 0 Å². The topological polar surface area (TPSA) is 37.8 Å². The molecule has 1 aliphatic carbocycles. The molecule has 2 aromatic rings. The first-order valence-corrected chi connectivity index (χ1v) is 7.49. The van der Waals surface area contributed by atoms with Gasteiger partial charge in [-0.1, -0.05) is 55.5 Å². The van der Waals surface area contributed by atoms with Gasteiger partial charge in [-0.2, -0.15) is 0 Å². The average molecular weight is 273 g/mol. The first kappa shape index (κ1) is 12.8. The second-order valence-electron chi connectivity index (χ2n) is 5.86. The van der Waals surface area contributed by atoms with Crippen molar-refractivity contribution in [1.82, 2.24) is 15.5 Å². The Morgan fingerprint density at radius 3 is 2.53 bits per heavy atom. The molecule has 0 amide bonds. The van der Waals surface area contributed by atoms with Gasteiger partial charge in [-0.25, -0.2) is 0 Å². The summed E-state index contributed by atoms with van der Waals surface area (Å²) in [6.45, 7) is 4.59. The fourth-order valence-corrected chi connectivity index (χ4v) is 3.76. The minimum atomic E-state index is 0.148. The summed E-state index contributed by atoms with van der Waals surface area (Å²) in [5.74, 6) is 0.604. The minimum Gasteiger partial charge on any atom is -0.307 e. The van der Waals surface area contributed by atoms with Crippen molar-refractivity contribution in [3.8, 4) is 0 Å². The maximum atomic E-state index is 4.40. The van der Waals surface area contributed by atoms with Crippen LogP contribution in [0, 0.1) is 5.41 Å². The Bertz CT molecular complexity index is 562. The molecule has 4 heteroatoms. The van der Waals surface area contributed by atoms with Crippen molar-refractivity contribution in [3.05, 3.63) is 45.9 Å². The van der Waals surface area contributed by atoms with Crippen molar-refractivity contribution in [1.29, 1.82) is 0 Å². The molecule has 1 aliphatic rings. The summed E-state index contributed by atoms with van der Waals surface area (Å²) in [5.41, 5.74) is 1.65. The molecule has 1 heterocycles. The number of hydrogen-bond acceptors (Lipinski definition) is 4. The predicted molar refractivity (Wildman–Crippen MR) is 78.4 cm³/mol. The van der Waals surface area contributed by atoms with Crippen molar-refractivity contribution < 1.29 is 0 Å². The zero-order valence-electron chi connectivity index (χ0n) is 11.6. The van der Waals surface area contributed by atoms with Gasteiger partial charge in [-0.05, 0) is 24.4 Å². The molecule has 0 radical (unpaired) electrons. The summed E-state index contributed by atoms with van der Waals surface area (Å²) in [7, 11) is 1.97. The summed E-state index contributed by atoms with van der Waals surface area (Å²) >= 11 is 1.75. The van der Waals surface area contributed by atoms with E-state index in [0.29, 0.717) is 11.3 Å². The van der Waals surface area contributed by atoms with E-state index in [-0.39, 0.29) is 6.04 Å². The highest BCUT2D eigenvalue weighted by Gasteiger charge is 2.48. The van der Waals surface area contributed by atoms with E-state index in [4.69, 9.17) is 0 Å². The molecule has 1 aromatic heterocycles. The van der Waals surface area contributed by atoms with Crippen LogP contribution in [0.2, 0.25) is 0 Å². The normalized spacial score (nSPS) is 22.2. The monoisotopic (exact) mass is 273 g/mol. The highest BCUT2D eigenvalue weighted by Crippen LogP contribution is 2.59. The van der Waals surface area contributed by atoms with E-state index in [2.05, 4.69) is 53.6 Å². The average Bonchev–Trinajstić information content (AvgIpc) is 2.85. The third-order valence-corrected chi connectivity index (χ3v) is 5.04. The minimum absolute atomic E-state index is 0.148. The highest BCUT2D eigenvalue weighted by atomic mass is 32.1. The Hall–Kier alpha value is -1.26. The van der Waals surface area contributed by atoms with Crippen LogP contribution in [0.3, 0.4) is 0 Å². The fourth-order valence-electron chi connectivity index (χ4n) is 2.47. The SMILES string of the molecule is CNC(c1ccccc1)c1nnc(C2CC2(C)C)s1. The third-order valence-electron chi connectivity index (χ3n) is 3.94. The Morgan fingerprint density at radius 1 is 1.26 bits per heavy atom. The van der Waals surface area contributed by atoms with Gasteiger partial charge >= 0.3 is 0 Å². The maximum Gasteiger partial charge on any atom is 0.139 e. The van der Waals surface area contributed by atoms with Gasteiger partial charge in [-0.15, -0.1) is 10.2 Å². The zero-order chi connectivity index (χ0) is 13.5. The van der Waals surface area contributed by atoms with Crippen LogP contribution >= 0.6 is 11.3 Å². The molecule has 100 valence electrons. The van der Waals surface area contributed by atoms with Crippen LogP contribution in [0.4, 0.5) is 0 Å². The number of nitrogens with one attached hydrogen (secondary N) is 1. The molecule has 0 aliphatic heterocycles. The smallest absolute Gasteiger partial charge is 0.139 e. The van der Waals surface area contributed by atoms with Gasteiger partial charge in [0.1, 0.15) is 10.0 Å². The van der Waals surface area contributed by atoms with E-state index >= 15 is 0 Å². The first-order chi connectivity index (χ1) is 9.12. The maximum absolute atomic E-state index is 4.40.